The van der Waals surface area contributed by atoms with Crippen molar-refractivity contribution in [1.82, 2.24) is 5.32 Å². The minimum Gasteiger partial charge on any atom is -0.355 e. The number of sulfonamides is 1. The summed E-state index contributed by atoms with van der Waals surface area (Å²) in [4.78, 5) is 11.7. The number of carbonyl (C=O) groups excluding carboxylic acids is 1. The summed E-state index contributed by atoms with van der Waals surface area (Å²) in [6, 6.07) is 13.2. The Balaban J connectivity index is 2.41. The second-order valence-electron chi connectivity index (χ2n) is 4.92. The van der Waals surface area contributed by atoms with E-state index in [9.17, 15) is 13.2 Å². The van der Waals surface area contributed by atoms with Gasteiger partial charge in [0, 0.05) is 19.7 Å². The van der Waals surface area contributed by atoms with Gasteiger partial charge in [-0.25, -0.2) is 8.42 Å². The van der Waals surface area contributed by atoms with Gasteiger partial charge in [-0.05, 0) is 37.3 Å². The molecule has 5 nitrogen and oxygen atoms in total. The second-order valence-corrected chi connectivity index (χ2v) is 6.88. The molecule has 0 saturated heterocycles. The summed E-state index contributed by atoms with van der Waals surface area (Å²) < 4.78 is 26.6. The summed E-state index contributed by atoms with van der Waals surface area (Å²) in [5.74, 6) is -0.324. The average Bonchev–Trinajstić information content (AvgIpc) is 2.54. The Hall–Kier alpha value is -2.34. The third-order valence-electron chi connectivity index (χ3n) is 3.38. The number of hydrogen-bond donors (Lipinski definition) is 1. The van der Waals surface area contributed by atoms with Gasteiger partial charge in [0.2, 0.25) is 0 Å². The van der Waals surface area contributed by atoms with Crippen LogP contribution in [0.15, 0.2) is 53.4 Å². The third kappa shape index (κ3) is 3.12. The number of nitrogens with one attached hydrogen (secondary N) is 1. The lowest BCUT2D eigenvalue weighted by atomic mass is 10.2. The van der Waals surface area contributed by atoms with Crippen molar-refractivity contribution in [3.05, 3.63) is 59.7 Å². The first-order valence-electron chi connectivity index (χ1n) is 6.74. The molecule has 2 rings (SSSR count). The lowest BCUT2D eigenvalue weighted by Crippen LogP contribution is -2.27. The van der Waals surface area contributed by atoms with E-state index in [-0.39, 0.29) is 10.8 Å². The second kappa shape index (κ2) is 6.19. The van der Waals surface area contributed by atoms with Crippen LogP contribution in [0.4, 0.5) is 5.69 Å². The topological polar surface area (TPSA) is 66.5 Å². The largest absolute Gasteiger partial charge is 0.355 e. The molecule has 6 heteroatoms. The summed E-state index contributed by atoms with van der Waals surface area (Å²) in [7, 11) is -0.721. The van der Waals surface area contributed by atoms with E-state index in [1.54, 1.807) is 24.3 Å². The molecule has 2 aromatic rings. The molecule has 0 heterocycles. The molecule has 0 spiro atoms. The van der Waals surface area contributed by atoms with Crippen LogP contribution in [-0.2, 0) is 10.0 Å². The van der Waals surface area contributed by atoms with Gasteiger partial charge in [0.15, 0.2) is 0 Å². The molecule has 0 aliphatic heterocycles. The molecule has 2 aromatic carbocycles. The monoisotopic (exact) mass is 318 g/mol. The van der Waals surface area contributed by atoms with E-state index in [1.807, 2.05) is 19.1 Å². The van der Waals surface area contributed by atoms with Crippen molar-refractivity contribution < 1.29 is 13.2 Å². The summed E-state index contributed by atoms with van der Waals surface area (Å²) in [5.41, 5.74) is 1.92. The van der Waals surface area contributed by atoms with Crippen molar-refractivity contribution in [3.63, 3.8) is 0 Å². The number of benzene rings is 2. The maximum atomic E-state index is 12.7. The summed E-state index contributed by atoms with van der Waals surface area (Å²) >= 11 is 0. The fraction of sp³-hybridized carbons (Fsp3) is 0.188. The standard InChI is InChI=1S/C16H18N2O3S/c1-12-7-9-14(10-8-12)18(3)22(20,21)15-6-4-5-13(11-15)16(19)17-2/h4-11H,1-3H3,(H,17,19). The Morgan fingerprint density at radius 1 is 1.09 bits per heavy atom. The number of amides is 1. The molecule has 0 aliphatic carbocycles. The molecule has 0 unspecified atom stereocenters. The van der Waals surface area contributed by atoms with Gasteiger partial charge in [-0.1, -0.05) is 23.8 Å². The molecule has 22 heavy (non-hydrogen) atoms. The van der Waals surface area contributed by atoms with Gasteiger partial charge in [-0.2, -0.15) is 0 Å². The van der Waals surface area contributed by atoms with Crippen molar-refractivity contribution in [2.45, 2.75) is 11.8 Å². The summed E-state index contributed by atoms with van der Waals surface area (Å²) in [6.07, 6.45) is 0. The maximum Gasteiger partial charge on any atom is 0.264 e. The molecule has 0 atom stereocenters. The number of carbonyl (C=O) groups is 1. The van der Waals surface area contributed by atoms with Crippen LogP contribution < -0.4 is 9.62 Å². The number of anilines is 1. The lowest BCUT2D eigenvalue weighted by molar-refractivity contribution is 0.0963. The van der Waals surface area contributed by atoms with Crippen LogP contribution in [-0.4, -0.2) is 28.4 Å². The fourth-order valence-corrected chi connectivity index (χ4v) is 3.24. The van der Waals surface area contributed by atoms with E-state index in [0.717, 1.165) is 5.56 Å². The van der Waals surface area contributed by atoms with Crippen LogP contribution in [0.5, 0.6) is 0 Å². The molecule has 0 fully saturated rings. The third-order valence-corrected chi connectivity index (χ3v) is 5.16. The summed E-state index contributed by atoms with van der Waals surface area (Å²) in [5, 5.41) is 2.48. The van der Waals surface area contributed by atoms with Crippen LogP contribution in [0.1, 0.15) is 15.9 Å². The molecule has 0 saturated carbocycles. The molecule has 0 aromatic heterocycles. The van der Waals surface area contributed by atoms with Gasteiger partial charge in [-0.3, -0.25) is 9.10 Å². The smallest absolute Gasteiger partial charge is 0.264 e. The first-order chi connectivity index (χ1) is 10.4. The molecule has 1 N–H and O–H groups in total. The molecular formula is C16H18N2O3S. The van der Waals surface area contributed by atoms with E-state index in [4.69, 9.17) is 0 Å². The number of aryl methyl sites for hydroxylation is 1. The number of rotatable bonds is 4. The highest BCUT2D eigenvalue weighted by atomic mass is 32.2. The molecule has 0 radical (unpaired) electrons. The van der Waals surface area contributed by atoms with Crippen LogP contribution in [0, 0.1) is 6.92 Å². The van der Waals surface area contributed by atoms with Gasteiger partial charge in [0.05, 0.1) is 10.6 Å². The van der Waals surface area contributed by atoms with Crippen LogP contribution in [0.2, 0.25) is 0 Å². The van der Waals surface area contributed by atoms with Crippen molar-refractivity contribution >= 4 is 21.6 Å². The normalized spacial score (nSPS) is 11.0. The predicted octanol–water partition coefficient (Wildman–Crippen LogP) is 2.18. The molecule has 0 aliphatic rings. The van der Waals surface area contributed by atoms with Crippen LogP contribution in [0.25, 0.3) is 0 Å². The Kier molecular flexibility index (Phi) is 4.51. The Bertz CT molecular complexity index is 783. The highest BCUT2D eigenvalue weighted by Crippen LogP contribution is 2.22. The first kappa shape index (κ1) is 16.0. The zero-order valence-corrected chi connectivity index (χ0v) is 13.5. The van der Waals surface area contributed by atoms with E-state index in [0.29, 0.717) is 11.3 Å². The Morgan fingerprint density at radius 2 is 1.73 bits per heavy atom. The Morgan fingerprint density at radius 3 is 2.32 bits per heavy atom. The van der Waals surface area contributed by atoms with Gasteiger partial charge in [-0.15, -0.1) is 0 Å². The highest BCUT2D eigenvalue weighted by Gasteiger charge is 2.22. The number of nitrogens with zero attached hydrogens (tertiary/aromatic N) is 1. The highest BCUT2D eigenvalue weighted by molar-refractivity contribution is 7.92. The first-order valence-corrected chi connectivity index (χ1v) is 8.18. The van der Waals surface area contributed by atoms with Crippen molar-refractivity contribution in [2.75, 3.05) is 18.4 Å². The van der Waals surface area contributed by atoms with E-state index < -0.39 is 10.0 Å². The maximum absolute atomic E-state index is 12.7. The molecular weight excluding hydrogens is 300 g/mol. The van der Waals surface area contributed by atoms with Gasteiger partial charge in [0.25, 0.3) is 15.9 Å². The molecule has 0 bridgehead atoms. The minimum atomic E-state index is -3.72. The van der Waals surface area contributed by atoms with Crippen LogP contribution in [0.3, 0.4) is 0 Å². The number of hydrogen-bond acceptors (Lipinski definition) is 3. The Labute approximate surface area is 130 Å². The molecule has 116 valence electrons. The lowest BCUT2D eigenvalue weighted by Gasteiger charge is -2.20. The van der Waals surface area contributed by atoms with Crippen molar-refractivity contribution in [2.24, 2.45) is 0 Å². The summed E-state index contributed by atoms with van der Waals surface area (Å²) in [6.45, 7) is 1.94. The zero-order chi connectivity index (χ0) is 16.3. The SMILES string of the molecule is CNC(=O)c1cccc(S(=O)(=O)N(C)c2ccc(C)cc2)c1. The predicted molar refractivity (Wildman–Crippen MR) is 86.6 cm³/mol. The van der Waals surface area contributed by atoms with E-state index in [2.05, 4.69) is 5.32 Å². The van der Waals surface area contributed by atoms with E-state index >= 15 is 0 Å². The average molecular weight is 318 g/mol. The van der Waals surface area contributed by atoms with Crippen molar-refractivity contribution in [3.8, 4) is 0 Å². The van der Waals surface area contributed by atoms with E-state index in [1.165, 1.54) is 30.5 Å². The quantitative estimate of drug-likeness (QED) is 0.939. The minimum absolute atomic E-state index is 0.0803. The van der Waals surface area contributed by atoms with Gasteiger partial charge < -0.3 is 5.32 Å². The fourth-order valence-electron chi connectivity index (χ4n) is 1.99. The zero-order valence-electron chi connectivity index (χ0n) is 12.7. The van der Waals surface area contributed by atoms with Gasteiger partial charge in [0.1, 0.15) is 0 Å². The van der Waals surface area contributed by atoms with Gasteiger partial charge >= 0.3 is 0 Å². The van der Waals surface area contributed by atoms with Crippen LogP contribution >= 0.6 is 0 Å². The van der Waals surface area contributed by atoms with Crippen molar-refractivity contribution in [1.29, 1.82) is 0 Å². The molecule has 1 amide bonds.